The first kappa shape index (κ1) is 57.7. The minimum Gasteiger partial charge on any atom is -0.394 e. The summed E-state index contributed by atoms with van der Waals surface area (Å²) in [6, 6.07) is 0. The predicted octanol–water partition coefficient (Wildman–Crippen LogP) is -12.4. The molecule has 0 aromatic carbocycles. The fourth-order valence-corrected chi connectivity index (χ4v) is 9.46. The van der Waals surface area contributed by atoms with Crippen LogP contribution in [0.25, 0.3) is 0 Å². The molecule has 0 radical (unpaired) electrons. The van der Waals surface area contributed by atoms with E-state index >= 15 is 0 Å². The van der Waals surface area contributed by atoms with Gasteiger partial charge in [-0.15, -0.1) is 11.6 Å². The van der Waals surface area contributed by atoms with Crippen molar-refractivity contribution in [1.29, 1.82) is 0 Å². The van der Waals surface area contributed by atoms with Crippen LogP contribution in [0.1, 0.15) is 0 Å². The Labute approximate surface area is 407 Å². The molecule has 22 heterocycles. The second kappa shape index (κ2) is 25.0. The van der Waals surface area contributed by atoms with Gasteiger partial charge in [0.2, 0.25) is 0 Å². The molecule has 22 fully saturated rings. The summed E-state index contributed by atoms with van der Waals surface area (Å²) in [4.78, 5) is 0. The summed E-state index contributed by atoms with van der Waals surface area (Å²) in [5, 5.41) is 197. The highest BCUT2D eigenvalue weighted by Crippen LogP contribution is 2.38. The first-order valence-electron chi connectivity index (χ1n) is 22.7. The van der Waals surface area contributed by atoms with Crippen LogP contribution in [0.4, 0.5) is 0 Å². The smallest absolute Gasteiger partial charge is 0.187 e. The molecule has 0 amide bonds. The van der Waals surface area contributed by atoms with E-state index in [2.05, 4.69) is 0 Å². The Morgan fingerprint density at radius 2 is 0.521 bits per heavy atom. The summed E-state index contributed by atoms with van der Waals surface area (Å²) in [5.41, 5.74) is 0. The van der Waals surface area contributed by atoms with Gasteiger partial charge in [0.25, 0.3) is 0 Å². The number of aliphatic hydroxyl groups is 18. The molecule has 0 aliphatic carbocycles. The zero-order chi connectivity index (χ0) is 51.7. The van der Waals surface area contributed by atoms with E-state index in [0.29, 0.717) is 0 Å². The van der Waals surface area contributed by atoms with Crippen LogP contribution in [-0.4, -0.2) is 334 Å². The van der Waals surface area contributed by atoms with Crippen molar-refractivity contribution in [2.45, 2.75) is 190 Å². The number of hydrogen-bond acceptors (Lipinski definition) is 31. The number of aliphatic hydroxyl groups excluding tert-OH is 18. The van der Waals surface area contributed by atoms with E-state index < -0.39 is 237 Å². The fraction of sp³-hybridized carbons (Fsp3) is 1.00. The minimum atomic E-state index is -2.17. The van der Waals surface area contributed by atoms with Gasteiger partial charge >= 0.3 is 0 Å². The first-order valence-corrected chi connectivity index (χ1v) is 23.2. The Morgan fingerprint density at radius 3 is 0.746 bits per heavy atom. The highest BCUT2D eigenvalue weighted by atomic mass is 35.5. The third kappa shape index (κ3) is 11.8. The molecular formula is C39H65ClO31. The lowest BCUT2D eigenvalue weighted by atomic mass is 9.94. The molecule has 18 N–H and O–H groups in total. The lowest BCUT2D eigenvalue weighted by molar-refractivity contribution is -0.405. The van der Waals surface area contributed by atoms with Crippen molar-refractivity contribution in [1.82, 2.24) is 0 Å². The lowest BCUT2D eigenvalue weighted by Crippen LogP contribution is -2.69. The molecule has 22 rings (SSSR count). The van der Waals surface area contributed by atoms with E-state index in [-0.39, 0.29) is 5.88 Å². The highest BCUT2D eigenvalue weighted by molar-refractivity contribution is 6.18. The minimum absolute atomic E-state index is 0.386. The average molecular weight is 1070 g/mol. The van der Waals surface area contributed by atoms with Gasteiger partial charge in [0.05, 0.1) is 58.2 Å². The lowest BCUT2D eigenvalue weighted by Gasteiger charge is -2.51. The Bertz CT molecular complexity index is 1620. The molecule has 0 spiro atoms. The van der Waals surface area contributed by atoms with E-state index in [9.17, 15) is 91.9 Å². The Balaban J connectivity index is 1.22. The van der Waals surface area contributed by atoms with E-state index in [1.807, 2.05) is 0 Å². The molecule has 22 aliphatic heterocycles. The van der Waals surface area contributed by atoms with Gasteiger partial charge in [-0.1, -0.05) is 0 Å². The van der Waals surface area contributed by atoms with Crippen molar-refractivity contribution in [2.24, 2.45) is 0 Å². The molecule has 31 nitrogen and oxygen atoms in total. The SMILES string of the molecule is OC[C@H]1O[C@@H]2O[C@H]3[C@H](O)[C@@H](O)[C@@H](O[C@H]4[C@H](O)[C@@H](O)[C@@H](O[C@H]5[C@H](O)[C@@H](O)[C@@H](O[C@H]6[C@H](O)[C@@H](O)[C@@H](O[C@H]7[C@H](O)[C@@H](O)[C@@H](O[C@@H]1[C@H](OCC(O)CCl)[C@H]2O)O[C@@H]7CO)O[C@@H]6CO)O[C@@H]5CO)O[C@@H]4CO)O[C@@H]3CO. The number of alkyl halides is 1. The molecular weight excluding hydrogens is 1000 g/mol. The number of ether oxygens (including phenoxy) is 13. The summed E-state index contributed by atoms with van der Waals surface area (Å²) in [5.74, 6) is -0.386. The fourth-order valence-electron chi connectivity index (χ4n) is 9.37. The van der Waals surface area contributed by atoms with Gasteiger partial charge in [-0.3, -0.25) is 0 Å². The third-order valence-corrected chi connectivity index (χ3v) is 13.7. The van der Waals surface area contributed by atoms with Gasteiger partial charge in [0, 0.05) is 0 Å². The van der Waals surface area contributed by atoms with Crippen LogP contribution in [0.3, 0.4) is 0 Å². The van der Waals surface area contributed by atoms with E-state index in [4.69, 9.17) is 73.2 Å². The maximum atomic E-state index is 11.7. The monoisotopic (exact) mass is 1060 g/mol. The zero-order valence-corrected chi connectivity index (χ0v) is 38.0. The quantitative estimate of drug-likeness (QED) is 0.0903. The number of rotatable bonds is 10. The summed E-state index contributed by atoms with van der Waals surface area (Å²) in [7, 11) is 0. The second-order valence-electron chi connectivity index (χ2n) is 18.0. The van der Waals surface area contributed by atoms with Crippen LogP contribution in [0, 0.1) is 0 Å². The molecule has 0 saturated carbocycles. The van der Waals surface area contributed by atoms with E-state index in [1.54, 1.807) is 0 Å². The Hall–Kier alpha value is -0.950. The molecule has 71 heavy (non-hydrogen) atoms. The largest absolute Gasteiger partial charge is 0.394 e. The van der Waals surface area contributed by atoms with Crippen LogP contribution in [-0.2, 0) is 61.6 Å². The van der Waals surface area contributed by atoms with Crippen LogP contribution < -0.4 is 0 Å². The number of halogens is 1. The van der Waals surface area contributed by atoms with Crippen LogP contribution in [0.15, 0.2) is 0 Å². The van der Waals surface area contributed by atoms with Crippen molar-refractivity contribution < 1.29 is 153 Å². The van der Waals surface area contributed by atoms with Crippen molar-refractivity contribution in [3.05, 3.63) is 0 Å². The van der Waals surface area contributed by atoms with Gasteiger partial charge in [-0.2, -0.15) is 0 Å². The molecule has 0 aromatic heterocycles. The summed E-state index contributed by atoms with van der Waals surface area (Å²) in [6.45, 7) is -6.68. The van der Waals surface area contributed by atoms with Gasteiger partial charge in [-0.05, 0) is 0 Å². The van der Waals surface area contributed by atoms with Crippen molar-refractivity contribution >= 4 is 11.6 Å². The molecule has 22 aliphatic rings. The van der Waals surface area contributed by atoms with E-state index in [0.717, 1.165) is 0 Å². The van der Waals surface area contributed by atoms with Crippen molar-refractivity contribution in [3.8, 4) is 0 Å². The second-order valence-corrected chi connectivity index (χ2v) is 18.3. The van der Waals surface area contributed by atoms with Crippen LogP contribution >= 0.6 is 11.6 Å². The van der Waals surface area contributed by atoms with Crippen LogP contribution in [0.2, 0.25) is 0 Å². The summed E-state index contributed by atoms with van der Waals surface area (Å²) >= 11 is 5.77. The van der Waals surface area contributed by atoms with Gasteiger partial charge < -0.3 is 153 Å². The average Bonchev–Trinajstić information content (AvgIpc) is 3.36. The standard InChI is InChI=1S/C39H65ClO31/c40-1-9(47)8-59-33-26(58)39-65-15(7-46)32(33)71-38-25(57)20(52)30(13(5-44)64-38)69-36-23(55)18(50)28(11(3-42)62-36)67-34-21(53)16(48)27(10(2-41)60-34)66-35-22(54)17(49)29(12(4-43)61-35)68-37-24(56)19(51)31(70-39)14(6-45)63-37/h9-39,41-58H,1-8H2/t9?,10-,11-,12-,13-,14-,15-,16-,17-,18-,19-,20-,21-,22-,23-,24-,25-,26-,27-,28-,29-,30-,31-,32+,33-,34-,35-,36-,37-,38-,39-/m1/s1. The predicted molar refractivity (Wildman–Crippen MR) is 216 cm³/mol. The van der Waals surface area contributed by atoms with Gasteiger partial charge in [0.15, 0.2) is 37.7 Å². The molecule has 1 unspecified atom stereocenters. The molecule has 31 atom stereocenters. The normalized spacial score (nSPS) is 52.8. The highest BCUT2D eigenvalue weighted by Gasteiger charge is 2.59. The Morgan fingerprint density at radius 1 is 0.310 bits per heavy atom. The first-order chi connectivity index (χ1) is 33.9. The van der Waals surface area contributed by atoms with Gasteiger partial charge in [0.1, 0.15) is 146 Å². The third-order valence-electron chi connectivity index (χ3n) is 13.3. The topological polar surface area (TPSA) is 484 Å². The van der Waals surface area contributed by atoms with Crippen LogP contribution in [0.5, 0.6) is 0 Å². The van der Waals surface area contributed by atoms with E-state index in [1.165, 1.54) is 0 Å². The number of hydrogen-bond donors (Lipinski definition) is 18. The van der Waals surface area contributed by atoms with Gasteiger partial charge in [-0.25, -0.2) is 0 Å². The van der Waals surface area contributed by atoms with Crippen molar-refractivity contribution in [3.63, 3.8) is 0 Å². The summed E-state index contributed by atoms with van der Waals surface area (Å²) in [6.07, 6.45) is -59.8. The maximum Gasteiger partial charge on any atom is 0.187 e. The van der Waals surface area contributed by atoms with Crippen molar-refractivity contribution in [2.75, 3.05) is 52.1 Å². The molecule has 0 aromatic rings. The summed E-state index contributed by atoms with van der Waals surface area (Å²) < 4.78 is 74.7. The maximum absolute atomic E-state index is 11.7. The molecule has 22 saturated heterocycles. The molecule has 12 bridgehead atoms. The zero-order valence-electron chi connectivity index (χ0n) is 37.3. The Kier molecular flexibility index (Phi) is 20.3. The molecule has 32 heteroatoms. The molecule has 414 valence electrons.